The first-order chi connectivity index (χ1) is 8.24. The minimum atomic E-state index is -0.952. The third-order valence-electron chi connectivity index (χ3n) is 2.80. The topological polar surface area (TPSA) is 67.2 Å². The highest BCUT2D eigenvalue weighted by molar-refractivity contribution is 9.10. The molecule has 1 aromatic heterocycles. The van der Waals surface area contributed by atoms with E-state index >= 15 is 0 Å². The van der Waals surface area contributed by atoms with Gasteiger partial charge in [0, 0.05) is 12.2 Å². The molecule has 0 radical (unpaired) electrons. The van der Waals surface area contributed by atoms with Crippen molar-refractivity contribution in [1.82, 2.24) is 15.1 Å². The number of carboxylic acid groups (broad SMARTS) is 1. The third kappa shape index (κ3) is 3.81. The van der Waals surface area contributed by atoms with E-state index in [2.05, 4.69) is 26.3 Å². The van der Waals surface area contributed by atoms with Crippen LogP contribution in [0.1, 0.15) is 40.2 Å². The zero-order valence-electron chi connectivity index (χ0n) is 11.1. The van der Waals surface area contributed by atoms with E-state index in [4.69, 9.17) is 0 Å². The number of rotatable bonds is 6. The van der Waals surface area contributed by atoms with Gasteiger partial charge >= 0.3 is 5.97 Å². The molecular formula is C12H20BrN3O2. The van der Waals surface area contributed by atoms with Gasteiger partial charge in [-0.25, -0.2) is 0 Å². The summed E-state index contributed by atoms with van der Waals surface area (Å²) in [4.78, 5) is 11.4. The van der Waals surface area contributed by atoms with Crippen LogP contribution in [0.15, 0.2) is 16.9 Å². The van der Waals surface area contributed by atoms with Crippen molar-refractivity contribution in [2.45, 2.75) is 51.7 Å². The standard InChI is InChI=1S/C12H20BrN3O2/c1-8(2)15-12(4,11(17)18)5-9(3)16-7-10(13)6-14-16/h6-9,15H,5H2,1-4H3,(H,17,18). The van der Waals surface area contributed by atoms with Gasteiger partial charge in [-0.1, -0.05) is 0 Å². The lowest BCUT2D eigenvalue weighted by Crippen LogP contribution is -2.53. The van der Waals surface area contributed by atoms with E-state index in [1.807, 2.05) is 27.0 Å². The average molecular weight is 318 g/mol. The van der Waals surface area contributed by atoms with Gasteiger partial charge < -0.3 is 5.11 Å². The third-order valence-corrected chi connectivity index (χ3v) is 3.21. The lowest BCUT2D eigenvalue weighted by molar-refractivity contribution is -0.145. The Morgan fingerprint density at radius 1 is 1.61 bits per heavy atom. The van der Waals surface area contributed by atoms with Gasteiger partial charge in [-0.15, -0.1) is 0 Å². The Hall–Kier alpha value is -0.880. The van der Waals surface area contributed by atoms with Crippen molar-refractivity contribution < 1.29 is 9.90 Å². The summed E-state index contributed by atoms with van der Waals surface area (Å²) in [6, 6.07) is 0.117. The number of nitrogens with one attached hydrogen (secondary N) is 1. The number of hydrogen-bond acceptors (Lipinski definition) is 3. The fraction of sp³-hybridized carbons (Fsp3) is 0.667. The first-order valence-electron chi connectivity index (χ1n) is 5.95. The molecule has 0 aliphatic heterocycles. The monoisotopic (exact) mass is 317 g/mol. The number of carbonyl (C=O) groups is 1. The van der Waals surface area contributed by atoms with E-state index in [9.17, 15) is 9.90 Å². The molecule has 1 rings (SSSR count). The van der Waals surface area contributed by atoms with Crippen molar-refractivity contribution in [3.8, 4) is 0 Å². The minimum Gasteiger partial charge on any atom is -0.480 e. The minimum absolute atomic E-state index is 0.00338. The van der Waals surface area contributed by atoms with Crippen LogP contribution in [0.2, 0.25) is 0 Å². The van der Waals surface area contributed by atoms with E-state index in [1.165, 1.54) is 0 Å². The SMILES string of the molecule is CC(C)NC(C)(CC(C)n1cc(Br)cn1)C(=O)O. The van der Waals surface area contributed by atoms with Crippen molar-refractivity contribution in [3.63, 3.8) is 0 Å². The Balaban J connectivity index is 2.81. The zero-order valence-corrected chi connectivity index (χ0v) is 12.7. The molecule has 0 aliphatic carbocycles. The average Bonchev–Trinajstić information content (AvgIpc) is 2.63. The quantitative estimate of drug-likeness (QED) is 0.845. The van der Waals surface area contributed by atoms with Gasteiger partial charge in [0.05, 0.1) is 16.7 Å². The van der Waals surface area contributed by atoms with Gasteiger partial charge in [0.15, 0.2) is 0 Å². The lowest BCUT2D eigenvalue weighted by Gasteiger charge is -2.31. The van der Waals surface area contributed by atoms with Gasteiger partial charge in [0.2, 0.25) is 0 Å². The summed E-state index contributed by atoms with van der Waals surface area (Å²) in [7, 11) is 0. The molecule has 1 aromatic rings. The number of halogens is 1. The van der Waals surface area contributed by atoms with Gasteiger partial charge in [0.1, 0.15) is 5.54 Å². The van der Waals surface area contributed by atoms with Crippen LogP contribution in [0, 0.1) is 0 Å². The van der Waals surface area contributed by atoms with E-state index in [1.54, 1.807) is 17.8 Å². The van der Waals surface area contributed by atoms with Crippen molar-refractivity contribution in [2.24, 2.45) is 0 Å². The van der Waals surface area contributed by atoms with Crippen LogP contribution in [0.3, 0.4) is 0 Å². The van der Waals surface area contributed by atoms with Gasteiger partial charge in [0.25, 0.3) is 0 Å². The highest BCUT2D eigenvalue weighted by Crippen LogP contribution is 2.22. The van der Waals surface area contributed by atoms with Crippen LogP contribution in [0.25, 0.3) is 0 Å². The molecule has 2 atom stereocenters. The molecule has 0 fully saturated rings. The molecule has 0 saturated carbocycles. The maximum Gasteiger partial charge on any atom is 0.323 e. The van der Waals surface area contributed by atoms with Crippen LogP contribution in [0.4, 0.5) is 0 Å². The molecule has 0 spiro atoms. The Kier molecular flexibility index (Phi) is 4.92. The second-order valence-corrected chi connectivity index (χ2v) is 6.04. The van der Waals surface area contributed by atoms with E-state index in [0.717, 1.165) is 4.47 Å². The van der Waals surface area contributed by atoms with Crippen molar-refractivity contribution in [1.29, 1.82) is 0 Å². The summed E-state index contributed by atoms with van der Waals surface area (Å²) >= 11 is 3.33. The molecule has 0 saturated heterocycles. The second-order valence-electron chi connectivity index (χ2n) is 5.13. The highest BCUT2D eigenvalue weighted by Gasteiger charge is 2.35. The number of hydrogen-bond donors (Lipinski definition) is 2. The van der Waals surface area contributed by atoms with E-state index in [-0.39, 0.29) is 12.1 Å². The van der Waals surface area contributed by atoms with Gasteiger partial charge in [-0.05, 0) is 50.0 Å². The molecule has 0 aromatic carbocycles. The van der Waals surface area contributed by atoms with Crippen LogP contribution >= 0.6 is 15.9 Å². The fourth-order valence-corrected chi connectivity index (χ4v) is 2.39. The molecule has 2 unspecified atom stereocenters. The van der Waals surface area contributed by atoms with Gasteiger partial charge in [-0.3, -0.25) is 14.8 Å². The fourth-order valence-electron chi connectivity index (χ4n) is 2.09. The van der Waals surface area contributed by atoms with Crippen molar-refractivity contribution in [2.75, 3.05) is 0 Å². The summed E-state index contributed by atoms with van der Waals surface area (Å²) in [6.45, 7) is 7.56. The second kappa shape index (κ2) is 5.84. The molecule has 0 aliphatic rings. The lowest BCUT2D eigenvalue weighted by atomic mass is 9.93. The zero-order chi connectivity index (χ0) is 13.9. The predicted molar refractivity (Wildman–Crippen MR) is 73.6 cm³/mol. The van der Waals surface area contributed by atoms with E-state index < -0.39 is 11.5 Å². The Morgan fingerprint density at radius 2 is 2.22 bits per heavy atom. The summed E-state index contributed by atoms with van der Waals surface area (Å²) in [5.41, 5.74) is -0.952. The molecule has 1 heterocycles. The summed E-state index contributed by atoms with van der Waals surface area (Å²) in [6.07, 6.45) is 4.02. The number of carboxylic acids is 1. The maximum absolute atomic E-state index is 11.4. The Morgan fingerprint density at radius 3 is 2.61 bits per heavy atom. The molecule has 6 heteroatoms. The number of aliphatic carboxylic acids is 1. The molecule has 0 bridgehead atoms. The molecule has 5 nitrogen and oxygen atoms in total. The van der Waals surface area contributed by atoms with Crippen LogP contribution in [-0.2, 0) is 4.79 Å². The normalized spacial score (nSPS) is 16.6. The predicted octanol–water partition coefficient (Wildman–Crippen LogP) is 2.44. The first kappa shape index (κ1) is 15.2. The largest absolute Gasteiger partial charge is 0.480 e. The number of nitrogens with zero attached hydrogens (tertiary/aromatic N) is 2. The van der Waals surface area contributed by atoms with Crippen LogP contribution < -0.4 is 5.32 Å². The van der Waals surface area contributed by atoms with E-state index in [0.29, 0.717) is 6.42 Å². The maximum atomic E-state index is 11.4. The summed E-state index contributed by atoms with van der Waals surface area (Å²) in [5.74, 6) is -0.839. The summed E-state index contributed by atoms with van der Waals surface area (Å²) < 4.78 is 2.66. The first-order valence-corrected chi connectivity index (χ1v) is 6.74. The van der Waals surface area contributed by atoms with Crippen LogP contribution in [-0.4, -0.2) is 32.4 Å². The molecule has 2 N–H and O–H groups in total. The highest BCUT2D eigenvalue weighted by atomic mass is 79.9. The van der Waals surface area contributed by atoms with Gasteiger partial charge in [-0.2, -0.15) is 5.10 Å². The molecule has 0 amide bonds. The Labute approximate surface area is 116 Å². The number of aromatic nitrogens is 2. The molecular weight excluding hydrogens is 298 g/mol. The Bertz CT molecular complexity index is 419. The molecule has 18 heavy (non-hydrogen) atoms. The van der Waals surface area contributed by atoms with Crippen molar-refractivity contribution >= 4 is 21.9 Å². The van der Waals surface area contributed by atoms with Crippen LogP contribution in [0.5, 0.6) is 0 Å². The summed E-state index contributed by atoms with van der Waals surface area (Å²) in [5, 5.41) is 16.7. The van der Waals surface area contributed by atoms with Crippen molar-refractivity contribution in [3.05, 3.63) is 16.9 Å². The smallest absolute Gasteiger partial charge is 0.323 e. The molecule has 102 valence electrons.